The van der Waals surface area contributed by atoms with Crippen LogP contribution in [-0.2, 0) is 5.41 Å². The molecular formula is C27H20BrNS. The SMILES string of the molecule is CC1(C)c2ccccc2-c2sc3c(Nc4c(Br)ccc5ccccc45)cccc3c21. The molecule has 4 aromatic carbocycles. The third kappa shape index (κ3) is 2.46. The van der Waals surface area contributed by atoms with Crippen LogP contribution in [0.4, 0.5) is 11.4 Å². The minimum atomic E-state index is 0.0167. The average Bonchev–Trinajstić information content (AvgIpc) is 3.26. The molecule has 1 aliphatic rings. The molecular weight excluding hydrogens is 450 g/mol. The van der Waals surface area contributed by atoms with Gasteiger partial charge in [-0.05, 0) is 55.5 Å². The molecule has 0 fully saturated rings. The Morgan fingerprint density at radius 1 is 0.800 bits per heavy atom. The number of fused-ring (bicyclic) bond motifs is 6. The van der Waals surface area contributed by atoms with Crippen LogP contribution >= 0.6 is 27.3 Å². The molecule has 0 amide bonds. The van der Waals surface area contributed by atoms with Gasteiger partial charge < -0.3 is 5.32 Å². The molecule has 0 saturated carbocycles. The van der Waals surface area contributed by atoms with Crippen LogP contribution in [0.1, 0.15) is 25.0 Å². The molecule has 0 spiro atoms. The molecule has 6 rings (SSSR count). The van der Waals surface area contributed by atoms with Crippen LogP contribution in [0.3, 0.4) is 0 Å². The first-order valence-electron chi connectivity index (χ1n) is 10.2. The molecule has 1 aliphatic carbocycles. The van der Waals surface area contributed by atoms with E-state index in [0.717, 1.165) is 15.8 Å². The number of benzene rings is 4. The fourth-order valence-electron chi connectivity index (χ4n) is 4.90. The average molecular weight is 470 g/mol. The van der Waals surface area contributed by atoms with E-state index in [4.69, 9.17) is 0 Å². The summed E-state index contributed by atoms with van der Waals surface area (Å²) in [6.45, 7) is 4.70. The lowest BCUT2D eigenvalue weighted by atomic mass is 9.81. The predicted octanol–water partition coefficient (Wildman–Crippen LogP) is 8.87. The molecule has 1 aromatic heterocycles. The highest BCUT2D eigenvalue weighted by Gasteiger charge is 2.38. The predicted molar refractivity (Wildman–Crippen MR) is 134 cm³/mol. The van der Waals surface area contributed by atoms with Crippen molar-refractivity contribution in [3.8, 4) is 10.4 Å². The molecule has 0 atom stereocenters. The number of nitrogens with one attached hydrogen (secondary N) is 1. The van der Waals surface area contributed by atoms with E-state index in [1.54, 1.807) is 0 Å². The van der Waals surface area contributed by atoms with Crippen molar-refractivity contribution < 1.29 is 0 Å². The number of halogens is 1. The monoisotopic (exact) mass is 469 g/mol. The zero-order valence-electron chi connectivity index (χ0n) is 16.8. The summed E-state index contributed by atoms with van der Waals surface area (Å²) in [7, 11) is 0. The molecule has 146 valence electrons. The maximum absolute atomic E-state index is 3.76. The Bertz CT molecular complexity index is 1460. The van der Waals surface area contributed by atoms with E-state index in [9.17, 15) is 0 Å². The maximum atomic E-state index is 3.76. The minimum absolute atomic E-state index is 0.0167. The molecule has 5 aromatic rings. The zero-order chi connectivity index (χ0) is 20.5. The van der Waals surface area contributed by atoms with E-state index in [-0.39, 0.29) is 5.41 Å². The van der Waals surface area contributed by atoms with Crippen molar-refractivity contribution >= 4 is 59.5 Å². The number of thiophene rings is 1. The summed E-state index contributed by atoms with van der Waals surface area (Å²) in [5.41, 5.74) is 6.58. The van der Waals surface area contributed by atoms with Crippen molar-refractivity contribution in [1.82, 2.24) is 0 Å². The van der Waals surface area contributed by atoms with E-state index in [1.807, 2.05) is 11.3 Å². The largest absolute Gasteiger partial charge is 0.353 e. The lowest BCUT2D eigenvalue weighted by Crippen LogP contribution is -2.14. The molecule has 1 nitrogen and oxygen atoms in total. The third-order valence-corrected chi connectivity index (χ3v) is 8.26. The van der Waals surface area contributed by atoms with Crippen LogP contribution < -0.4 is 5.32 Å². The Labute approximate surface area is 188 Å². The van der Waals surface area contributed by atoms with Crippen LogP contribution in [0, 0.1) is 0 Å². The third-order valence-electron chi connectivity index (χ3n) is 6.32. The minimum Gasteiger partial charge on any atom is -0.353 e. The second-order valence-electron chi connectivity index (χ2n) is 8.43. The van der Waals surface area contributed by atoms with Gasteiger partial charge in [-0.15, -0.1) is 11.3 Å². The van der Waals surface area contributed by atoms with Gasteiger partial charge in [0, 0.05) is 20.2 Å². The number of rotatable bonds is 2. The summed E-state index contributed by atoms with van der Waals surface area (Å²) in [6, 6.07) is 28.3. The van der Waals surface area contributed by atoms with Crippen LogP contribution in [0.15, 0.2) is 83.3 Å². The van der Waals surface area contributed by atoms with Gasteiger partial charge in [0.15, 0.2) is 0 Å². The molecule has 0 radical (unpaired) electrons. The molecule has 30 heavy (non-hydrogen) atoms. The van der Waals surface area contributed by atoms with Crippen LogP contribution in [0.5, 0.6) is 0 Å². The second-order valence-corrected chi connectivity index (χ2v) is 10.3. The molecule has 1 N–H and O–H groups in total. The van der Waals surface area contributed by atoms with Gasteiger partial charge in [0.25, 0.3) is 0 Å². The van der Waals surface area contributed by atoms with E-state index < -0.39 is 0 Å². The Morgan fingerprint density at radius 3 is 2.47 bits per heavy atom. The van der Waals surface area contributed by atoms with Gasteiger partial charge in [0.1, 0.15) is 0 Å². The topological polar surface area (TPSA) is 12.0 Å². The second kappa shape index (κ2) is 6.44. The first-order chi connectivity index (χ1) is 14.6. The summed E-state index contributed by atoms with van der Waals surface area (Å²) < 4.78 is 2.40. The smallest absolute Gasteiger partial charge is 0.0608 e. The molecule has 0 bridgehead atoms. The van der Waals surface area contributed by atoms with Gasteiger partial charge in [-0.25, -0.2) is 0 Å². The van der Waals surface area contributed by atoms with E-state index in [0.29, 0.717) is 0 Å². The quantitative estimate of drug-likeness (QED) is 0.272. The van der Waals surface area contributed by atoms with Crippen molar-refractivity contribution in [1.29, 1.82) is 0 Å². The van der Waals surface area contributed by atoms with Gasteiger partial charge in [-0.3, -0.25) is 0 Å². The van der Waals surface area contributed by atoms with Crippen LogP contribution in [0.25, 0.3) is 31.3 Å². The Kier molecular flexibility index (Phi) is 3.90. The molecule has 0 aliphatic heterocycles. The first-order valence-corrected chi connectivity index (χ1v) is 11.8. The van der Waals surface area contributed by atoms with Crippen molar-refractivity contribution in [2.45, 2.75) is 19.3 Å². The molecule has 3 heteroatoms. The summed E-state index contributed by atoms with van der Waals surface area (Å²) in [5, 5.41) is 7.58. The fourth-order valence-corrected chi connectivity index (χ4v) is 6.81. The Balaban J connectivity index is 1.58. The van der Waals surface area contributed by atoms with Crippen molar-refractivity contribution in [3.05, 3.63) is 94.5 Å². The van der Waals surface area contributed by atoms with Gasteiger partial charge in [0.2, 0.25) is 0 Å². The lowest BCUT2D eigenvalue weighted by Gasteiger charge is -2.21. The summed E-state index contributed by atoms with van der Waals surface area (Å²) in [4.78, 5) is 1.41. The number of hydrogen-bond acceptors (Lipinski definition) is 2. The molecule has 0 saturated heterocycles. The van der Waals surface area contributed by atoms with Gasteiger partial charge in [-0.2, -0.15) is 0 Å². The fraction of sp³-hybridized carbons (Fsp3) is 0.111. The Morgan fingerprint density at radius 2 is 1.57 bits per heavy atom. The van der Waals surface area contributed by atoms with Crippen LogP contribution in [-0.4, -0.2) is 0 Å². The Hall–Kier alpha value is -2.62. The van der Waals surface area contributed by atoms with Crippen molar-refractivity contribution in [2.24, 2.45) is 0 Å². The van der Waals surface area contributed by atoms with E-state index in [2.05, 4.69) is 114 Å². The normalized spacial score (nSPS) is 14.1. The van der Waals surface area contributed by atoms with Gasteiger partial charge >= 0.3 is 0 Å². The first kappa shape index (κ1) is 18.2. The standard InChI is InChI=1S/C27H20BrNS/c1-27(2)20-12-6-5-10-18(20)26-23(27)19-11-7-13-22(25(19)30-26)29-24-17-9-4-3-8-16(17)14-15-21(24)28/h3-15,29H,1-2H3. The highest BCUT2D eigenvalue weighted by molar-refractivity contribution is 9.10. The summed E-state index contributed by atoms with van der Waals surface area (Å²) >= 11 is 5.67. The highest BCUT2D eigenvalue weighted by atomic mass is 79.9. The van der Waals surface area contributed by atoms with E-state index in [1.165, 1.54) is 42.4 Å². The summed E-state index contributed by atoms with van der Waals surface area (Å²) in [5.74, 6) is 0. The van der Waals surface area contributed by atoms with Gasteiger partial charge in [-0.1, -0.05) is 80.6 Å². The molecule has 1 heterocycles. The van der Waals surface area contributed by atoms with Crippen molar-refractivity contribution in [3.63, 3.8) is 0 Å². The van der Waals surface area contributed by atoms with E-state index >= 15 is 0 Å². The lowest BCUT2D eigenvalue weighted by molar-refractivity contribution is 0.667. The van der Waals surface area contributed by atoms with Crippen LogP contribution in [0.2, 0.25) is 0 Å². The number of anilines is 2. The molecule has 0 unspecified atom stereocenters. The summed E-state index contributed by atoms with van der Waals surface area (Å²) in [6.07, 6.45) is 0. The number of hydrogen-bond donors (Lipinski definition) is 1. The zero-order valence-corrected chi connectivity index (χ0v) is 19.2. The maximum Gasteiger partial charge on any atom is 0.0608 e. The highest BCUT2D eigenvalue weighted by Crippen LogP contribution is 2.56. The van der Waals surface area contributed by atoms with Gasteiger partial charge in [0.05, 0.1) is 16.1 Å². The van der Waals surface area contributed by atoms with Crippen molar-refractivity contribution in [2.75, 3.05) is 5.32 Å².